The maximum absolute atomic E-state index is 14.6. The molecule has 1 unspecified atom stereocenters. The number of ether oxygens (including phenoxy) is 2. The third-order valence-corrected chi connectivity index (χ3v) is 6.53. The average Bonchev–Trinajstić information content (AvgIpc) is 3.26. The number of hydrogen-bond donors (Lipinski definition) is 1. The van der Waals surface area contributed by atoms with Gasteiger partial charge in [-0.2, -0.15) is 0 Å². The first-order valence-corrected chi connectivity index (χ1v) is 11.0. The molecule has 1 fully saturated rings. The fourth-order valence-electron chi connectivity index (χ4n) is 4.83. The SMILES string of the molecule is COc1cccc(F)c1-c1ncc2[nH]cc(-c3ccc4c(c3)OCC3CN(C)CCN43)c2n1. The van der Waals surface area contributed by atoms with Crippen LogP contribution in [0.1, 0.15) is 0 Å². The predicted molar refractivity (Wildman–Crippen MR) is 125 cm³/mol. The second-order valence-electron chi connectivity index (χ2n) is 8.58. The molecule has 0 amide bonds. The van der Waals surface area contributed by atoms with Gasteiger partial charge in [0.25, 0.3) is 0 Å². The maximum Gasteiger partial charge on any atom is 0.166 e. The van der Waals surface area contributed by atoms with E-state index >= 15 is 0 Å². The van der Waals surface area contributed by atoms with E-state index in [0.717, 1.165) is 53.2 Å². The number of rotatable bonds is 3. The number of halogens is 1. The van der Waals surface area contributed by atoms with E-state index in [2.05, 4.69) is 45.0 Å². The van der Waals surface area contributed by atoms with Gasteiger partial charge in [0.05, 0.1) is 41.6 Å². The Morgan fingerprint density at radius 1 is 1.21 bits per heavy atom. The molecular weight excluding hydrogens is 421 g/mol. The van der Waals surface area contributed by atoms with E-state index in [-0.39, 0.29) is 11.4 Å². The number of aromatic nitrogens is 3. The van der Waals surface area contributed by atoms with Crippen molar-refractivity contribution in [3.8, 4) is 34.0 Å². The van der Waals surface area contributed by atoms with E-state index in [0.29, 0.717) is 18.4 Å². The fourth-order valence-corrected chi connectivity index (χ4v) is 4.83. The molecule has 1 N–H and O–H groups in total. The number of anilines is 1. The van der Waals surface area contributed by atoms with E-state index in [1.807, 2.05) is 6.20 Å². The molecule has 2 aromatic carbocycles. The average molecular weight is 445 g/mol. The summed E-state index contributed by atoms with van der Waals surface area (Å²) >= 11 is 0. The number of aromatic amines is 1. The fraction of sp³-hybridized carbons (Fsp3) is 0.280. The number of benzene rings is 2. The zero-order valence-corrected chi connectivity index (χ0v) is 18.5. The van der Waals surface area contributed by atoms with Crippen LogP contribution in [0.3, 0.4) is 0 Å². The monoisotopic (exact) mass is 445 g/mol. The Bertz CT molecular complexity index is 1350. The lowest BCUT2D eigenvalue weighted by atomic mass is 10.0. The minimum Gasteiger partial charge on any atom is -0.496 e. The highest BCUT2D eigenvalue weighted by atomic mass is 19.1. The largest absolute Gasteiger partial charge is 0.496 e. The first-order valence-electron chi connectivity index (χ1n) is 11.0. The van der Waals surface area contributed by atoms with E-state index in [1.165, 1.54) is 13.2 Å². The summed E-state index contributed by atoms with van der Waals surface area (Å²) in [6.45, 7) is 3.71. The van der Waals surface area contributed by atoms with Crippen molar-refractivity contribution in [2.24, 2.45) is 0 Å². The molecule has 4 heterocycles. The lowest BCUT2D eigenvalue weighted by molar-refractivity contribution is 0.188. The minimum atomic E-state index is -0.422. The van der Waals surface area contributed by atoms with Gasteiger partial charge in [0.1, 0.15) is 23.9 Å². The van der Waals surface area contributed by atoms with E-state index in [1.54, 1.807) is 18.3 Å². The Labute approximate surface area is 190 Å². The van der Waals surface area contributed by atoms with Crippen molar-refractivity contribution < 1.29 is 13.9 Å². The molecule has 0 spiro atoms. The number of methoxy groups -OCH3 is 1. The van der Waals surface area contributed by atoms with Gasteiger partial charge in [-0.25, -0.2) is 14.4 Å². The lowest BCUT2D eigenvalue weighted by Crippen LogP contribution is -2.56. The molecule has 4 aromatic rings. The summed E-state index contributed by atoms with van der Waals surface area (Å²) in [5.41, 5.74) is 4.78. The number of H-pyrrole nitrogens is 1. The normalized spacial score (nSPS) is 18.0. The summed E-state index contributed by atoms with van der Waals surface area (Å²) in [6, 6.07) is 11.4. The van der Waals surface area contributed by atoms with Crippen molar-refractivity contribution in [1.82, 2.24) is 19.9 Å². The quantitative estimate of drug-likeness (QED) is 0.515. The molecule has 8 heteroatoms. The highest BCUT2D eigenvalue weighted by Crippen LogP contribution is 2.40. The molecule has 0 radical (unpaired) electrons. The smallest absolute Gasteiger partial charge is 0.166 e. The Balaban J connectivity index is 1.41. The number of nitrogens with one attached hydrogen (secondary N) is 1. The van der Waals surface area contributed by atoms with Crippen LogP contribution in [0.25, 0.3) is 33.5 Å². The van der Waals surface area contributed by atoms with Crippen LogP contribution in [-0.2, 0) is 0 Å². The number of nitrogens with zero attached hydrogens (tertiary/aromatic N) is 4. The Morgan fingerprint density at radius 2 is 2.12 bits per heavy atom. The summed E-state index contributed by atoms with van der Waals surface area (Å²) in [6.07, 6.45) is 3.59. The molecule has 33 heavy (non-hydrogen) atoms. The highest BCUT2D eigenvalue weighted by Gasteiger charge is 2.32. The van der Waals surface area contributed by atoms with Crippen molar-refractivity contribution in [3.05, 3.63) is 54.6 Å². The first kappa shape index (κ1) is 20.0. The van der Waals surface area contributed by atoms with Crippen LogP contribution in [0.2, 0.25) is 0 Å². The number of piperazine rings is 1. The van der Waals surface area contributed by atoms with Crippen LogP contribution in [0.5, 0.6) is 11.5 Å². The lowest BCUT2D eigenvalue weighted by Gasteiger charge is -2.44. The van der Waals surface area contributed by atoms with Gasteiger partial charge in [-0.15, -0.1) is 0 Å². The third kappa shape index (κ3) is 3.29. The van der Waals surface area contributed by atoms with E-state index in [9.17, 15) is 4.39 Å². The number of likely N-dealkylation sites (N-methyl/N-ethyl adjacent to an activating group) is 1. The molecule has 6 rings (SSSR count). The van der Waals surface area contributed by atoms with E-state index < -0.39 is 5.82 Å². The van der Waals surface area contributed by atoms with Crippen LogP contribution in [-0.4, -0.2) is 66.3 Å². The topological polar surface area (TPSA) is 66.5 Å². The van der Waals surface area contributed by atoms with Gasteiger partial charge in [-0.05, 0) is 36.9 Å². The maximum atomic E-state index is 14.6. The van der Waals surface area contributed by atoms with Crippen molar-refractivity contribution in [2.75, 3.05) is 45.3 Å². The molecule has 2 aromatic heterocycles. The molecular formula is C25H24FN5O2. The molecule has 1 saturated heterocycles. The standard InChI is InChI=1S/C25H24FN5O2/c1-30-8-9-31-16(13-30)14-33-22-10-15(6-7-20(22)31)17-11-27-19-12-28-25(29-24(17)19)23-18(26)4-3-5-21(23)32-2/h3-7,10-12,16,27H,8-9,13-14H2,1-2H3. The summed E-state index contributed by atoms with van der Waals surface area (Å²) in [7, 11) is 3.66. The van der Waals surface area contributed by atoms with Crippen molar-refractivity contribution in [3.63, 3.8) is 0 Å². The molecule has 1 atom stereocenters. The Hall–Kier alpha value is -3.65. The molecule has 0 saturated carbocycles. The predicted octanol–water partition coefficient (Wildman–Crippen LogP) is 3.95. The minimum absolute atomic E-state index is 0.254. The molecule has 7 nitrogen and oxygen atoms in total. The van der Waals surface area contributed by atoms with E-state index in [4.69, 9.17) is 14.5 Å². The van der Waals surface area contributed by atoms with Crippen molar-refractivity contribution in [2.45, 2.75) is 6.04 Å². The van der Waals surface area contributed by atoms with Crippen molar-refractivity contribution in [1.29, 1.82) is 0 Å². The Morgan fingerprint density at radius 3 is 3.00 bits per heavy atom. The van der Waals surface area contributed by atoms with Crippen molar-refractivity contribution >= 4 is 16.7 Å². The molecule has 2 aliphatic heterocycles. The number of hydrogen-bond acceptors (Lipinski definition) is 6. The first-order chi connectivity index (χ1) is 16.1. The third-order valence-electron chi connectivity index (χ3n) is 6.53. The second-order valence-corrected chi connectivity index (χ2v) is 8.58. The molecule has 168 valence electrons. The van der Waals surface area contributed by atoms with Gasteiger partial charge in [0, 0.05) is 31.4 Å². The number of fused-ring (bicyclic) bond motifs is 4. The van der Waals surface area contributed by atoms with Gasteiger partial charge in [-0.1, -0.05) is 12.1 Å². The van der Waals surface area contributed by atoms with Crippen LogP contribution < -0.4 is 14.4 Å². The van der Waals surface area contributed by atoms with Crippen LogP contribution in [0.4, 0.5) is 10.1 Å². The Kier molecular flexibility index (Phi) is 4.69. The van der Waals surface area contributed by atoms with Gasteiger partial charge in [-0.3, -0.25) is 0 Å². The van der Waals surface area contributed by atoms with Crippen LogP contribution in [0.15, 0.2) is 48.8 Å². The molecule has 2 aliphatic rings. The zero-order chi connectivity index (χ0) is 22.5. The molecule has 0 bridgehead atoms. The summed E-state index contributed by atoms with van der Waals surface area (Å²) in [5, 5.41) is 0. The summed E-state index contributed by atoms with van der Waals surface area (Å²) in [4.78, 5) is 17.1. The van der Waals surface area contributed by atoms with Crippen LogP contribution >= 0.6 is 0 Å². The van der Waals surface area contributed by atoms with Gasteiger partial charge >= 0.3 is 0 Å². The second kappa shape index (κ2) is 7.74. The zero-order valence-electron chi connectivity index (χ0n) is 18.5. The van der Waals surface area contributed by atoms with Gasteiger partial charge in [0.2, 0.25) is 0 Å². The summed E-state index contributed by atoms with van der Waals surface area (Å²) < 4.78 is 26.1. The molecule has 0 aliphatic carbocycles. The van der Waals surface area contributed by atoms with Crippen LogP contribution in [0, 0.1) is 5.82 Å². The van der Waals surface area contributed by atoms with Gasteiger partial charge in [0.15, 0.2) is 5.82 Å². The summed E-state index contributed by atoms with van der Waals surface area (Å²) in [5.74, 6) is 1.14. The van der Waals surface area contributed by atoms with Gasteiger partial charge < -0.3 is 24.3 Å². The highest BCUT2D eigenvalue weighted by molar-refractivity contribution is 5.94.